The number of hydrogen-bond donors (Lipinski definition) is 15. The predicted octanol–water partition coefficient (Wildman–Crippen LogP) is -4.39. The molecule has 0 radical (unpaired) electrons. The van der Waals surface area contributed by atoms with E-state index in [0.717, 1.165) is 19.3 Å². The second-order valence-electron chi connectivity index (χ2n) is 18.7. The molecule has 0 aliphatic carbocycles. The molecule has 424 valence electrons. The van der Waals surface area contributed by atoms with E-state index in [-0.39, 0.29) is 101 Å². The number of nitrogens with zero attached hydrogens (tertiary/aromatic N) is 4. The molecule has 0 saturated heterocycles. The van der Waals surface area contributed by atoms with Crippen LogP contribution in [0.3, 0.4) is 0 Å². The molecule has 1 aromatic rings. The molecule has 0 fully saturated rings. The standard InChI is InChI=1S/C48H88N18O9/c1-4-11-34(61-42(71)35(13-10-23-59-48(56)57)60-40(69)29-66(25-21-50)45(74)33(52)12-9-22-58-47(54)55)41(70)63-37(26-31-15-17-32(67)18-16-31)43(72)64-38(27-51)44(73)62-36(19-14-30(2)3)46(75)65(28-39(53)68)24-8-6-5-7-20-49/h15-18,30,33-38,67H,4-14,19-29,49-52H2,1-3H3,(H2,53,68)(H,60,69)(H,61,71)(H,62,73)(H,63,70)(H,64,72)(H4,54,55,58)(H4,56,57,59)/t33-,34-,35-,36-,37-,38-/m0/s1. The van der Waals surface area contributed by atoms with Crippen LogP contribution in [0.1, 0.15) is 103 Å². The van der Waals surface area contributed by atoms with Gasteiger partial charge in [-0.3, -0.25) is 48.3 Å². The smallest absolute Gasteiger partial charge is 0.245 e. The third-order valence-electron chi connectivity index (χ3n) is 11.7. The number of amides is 8. The molecule has 0 aromatic heterocycles. The Hall–Kier alpha value is -6.84. The summed E-state index contributed by atoms with van der Waals surface area (Å²) >= 11 is 0. The summed E-state index contributed by atoms with van der Waals surface area (Å²) in [7, 11) is 0. The third kappa shape index (κ3) is 27.9. The van der Waals surface area contributed by atoms with Gasteiger partial charge in [-0.15, -0.1) is 0 Å². The largest absolute Gasteiger partial charge is 0.508 e. The zero-order valence-corrected chi connectivity index (χ0v) is 44.1. The van der Waals surface area contributed by atoms with Crippen LogP contribution in [0.4, 0.5) is 0 Å². The van der Waals surface area contributed by atoms with Crippen LogP contribution < -0.4 is 78.2 Å². The van der Waals surface area contributed by atoms with Gasteiger partial charge in [0.25, 0.3) is 0 Å². The normalized spacial score (nSPS) is 13.4. The Balaban J connectivity index is 3.47. The maximum Gasteiger partial charge on any atom is 0.245 e. The first kappa shape index (κ1) is 66.2. The fourth-order valence-electron chi connectivity index (χ4n) is 7.67. The number of primary amides is 1. The highest BCUT2D eigenvalue weighted by Crippen LogP contribution is 2.14. The van der Waals surface area contributed by atoms with Crippen LogP contribution in [-0.4, -0.2) is 169 Å². The summed E-state index contributed by atoms with van der Waals surface area (Å²) in [4.78, 5) is 120. The van der Waals surface area contributed by atoms with Crippen LogP contribution in [0.5, 0.6) is 5.75 Å². The molecule has 0 aliphatic heterocycles. The minimum atomic E-state index is -1.41. The molecule has 24 N–H and O–H groups in total. The van der Waals surface area contributed by atoms with E-state index < -0.39 is 96.6 Å². The van der Waals surface area contributed by atoms with Gasteiger partial charge in [-0.05, 0) is 87.9 Å². The van der Waals surface area contributed by atoms with E-state index in [9.17, 15) is 43.5 Å². The summed E-state index contributed by atoms with van der Waals surface area (Å²) < 4.78 is 0. The molecule has 0 unspecified atom stereocenters. The molecule has 1 rings (SSSR count). The maximum atomic E-state index is 14.3. The molecule has 0 spiro atoms. The average molecular weight is 1060 g/mol. The summed E-state index contributed by atoms with van der Waals surface area (Å²) in [6.45, 7) is 5.36. The fraction of sp³-hybridized carbons (Fsp3) is 0.667. The van der Waals surface area contributed by atoms with Crippen LogP contribution in [-0.2, 0) is 44.8 Å². The maximum absolute atomic E-state index is 14.3. The Morgan fingerprint density at radius 2 is 1.08 bits per heavy atom. The van der Waals surface area contributed by atoms with Crippen molar-refractivity contribution in [3.63, 3.8) is 0 Å². The minimum Gasteiger partial charge on any atom is -0.508 e. The number of guanidine groups is 2. The number of aromatic hydroxyl groups is 1. The van der Waals surface area contributed by atoms with Gasteiger partial charge < -0.3 is 93.1 Å². The van der Waals surface area contributed by atoms with Gasteiger partial charge in [0.15, 0.2) is 11.9 Å². The monoisotopic (exact) mass is 1060 g/mol. The van der Waals surface area contributed by atoms with Gasteiger partial charge in [0.1, 0.15) is 36.0 Å². The van der Waals surface area contributed by atoms with Gasteiger partial charge in [0, 0.05) is 45.7 Å². The zero-order valence-electron chi connectivity index (χ0n) is 44.1. The molecule has 6 atom stereocenters. The first-order valence-corrected chi connectivity index (χ1v) is 25.7. The van der Waals surface area contributed by atoms with E-state index in [2.05, 4.69) is 36.6 Å². The summed E-state index contributed by atoms with van der Waals surface area (Å²) in [6.07, 6.45) is 4.72. The number of hydrogen-bond acceptors (Lipinski definition) is 15. The lowest BCUT2D eigenvalue weighted by atomic mass is 10.0. The number of carbonyl (C=O) groups excluding carboxylic acids is 8. The Bertz CT molecular complexity index is 2000. The van der Waals surface area contributed by atoms with Gasteiger partial charge in [0.05, 0.1) is 19.1 Å². The van der Waals surface area contributed by atoms with E-state index in [4.69, 9.17) is 51.6 Å². The van der Waals surface area contributed by atoms with Crippen molar-refractivity contribution >= 4 is 59.2 Å². The topological polar surface area (TPSA) is 482 Å². The van der Waals surface area contributed by atoms with E-state index in [1.54, 1.807) is 6.92 Å². The van der Waals surface area contributed by atoms with Gasteiger partial charge in [-0.2, -0.15) is 0 Å². The highest BCUT2D eigenvalue weighted by atomic mass is 16.3. The number of benzene rings is 1. The third-order valence-corrected chi connectivity index (χ3v) is 11.7. The lowest BCUT2D eigenvalue weighted by Gasteiger charge is -2.29. The summed E-state index contributed by atoms with van der Waals surface area (Å²) in [5, 5.41) is 23.3. The number of phenols is 1. The Morgan fingerprint density at radius 1 is 0.560 bits per heavy atom. The van der Waals surface area contributed by atoms with Crippen molar-refractivity contribution < 1.29 is 43.5 Å². The van der Waals surface area contributed by atoms with Gasteiger partial charge >= 0.3 is 0 Å². The molecule has 8 amide bonds. The SMILES string of the molecule is CCC[C@H](NC(=O)[C@H](CCCN=C(N)N)NC(=O)CN(CCN)C(=O)[C@@H](N)CCCN=C(N)N)C(=O)N[C@@H](Cc1ccc(O)cc1)C(=O)N[C@@H](CN)C(=O)N[C@@H](CCC(C)C)C(=O)N(CCCCCCN)CC(N)=O. The highest BCUT2D eigenvalue weighted by Gasteiger charge is 2.34. The van der Waals surface area contributed by atoms with Crippen LogP contribution in [0.15, 0.2) is 34.3 Å². The number of phenolic OH excluding ortho intramolecular Hbond substituents is 1. The summed E-state index contributed by atoms with van der Waals surface area (Å²) in [5.74, 6) is -6.02. The molecular formula is C48H88N18O9. The molecule has 0 aliphatic rings. The second-order valence-corrected chi connectivity index (χ2v) is 18.7. The number of unbranched alkanes of at least 4 members (excludes halogenated alkanes) is 3. The van der Waals surface area contributed by atoms with Gasteiger partial charge in [0.2, 0.25) is 47.3 Å². The molecule has 0 bridgehead atoms. The quantitative estimate of drug-likeness (QED) is 0.0168. The first-order chi connectivity index (χ1) is 35.6. The molecule has 27 nitrogen and oxygen atoms in total. The lowest BCUT2D eigenvalue weighted by molar-refractivity contribution is -0.140. The van der Waals surface area contributed by atoms with Crippen molar-refractivity contribution in [2.75, 3.05) is 58.9 Å². The highest BCUT2D eigenvalue weighted by molar-refractivity contribution is 5.97. The van der Waals surface area contributed by atoms with Crippen molar-refractivity contribution in [1.82, 2.24) is 36.4 Å². The van der Waals surface area contributed by atoms with Crippen LogP contribution in [0, 0.1) is 5.92 Å². The summed E-state index contributed by atoms with van der Waals surface area (Å²) in [6, 6.07) is -1.64. The number of rotatable bonds is 39. The average Bonchev–Trinajstić information content (AvgIpc) is 3.35. The van der Waals surface area contributed by atoms with E-state index in [0.29, 0.717) is 37.8 Å². The van der Waals surface area contributed by atoms with E-state index in [1.807, 2.05) is 13.8 Å². The lowest BCUT2D eigenvalue weighted by Crippen LogP contribution is -2.61. The zero-order chi connectivity index (χ0) is 56.5. The second kappa shape index (κ2) is 37.0. The van der Waals surface area contributed by atoms with Crippen molar-refractivity contribution in [3.8, 4) is 5.75 Å². The van der Waals surface area contributed by atoms with Crippen LogP contribution in [0.25, 0.3) is 0 Å². The first-order valence-electron chi connectivity index (χ1n) is 25.7. The van der Waals surface area contributed by atoms with Crippen molar-refractivity contribution in [3.05, 3.63) is 29.8 Å². The van der Waals surface area contributed by atoms with Crippen molar-refractivity contribution in [2.24, 2.45) is 67.5 Å². The molecule has 27 heteroatoms. The number of aliphatic imine (C=N–C) groups is 2. The molecule has 0 saturated carbocycles. The number of carbonyl (C=O) groups is 8. The summed E-state index contributed by atoms with van der Waals surface area (Å²) in [5.41, 5.74) is 51.3. The van der Waals surface area contributed by atoms with Crippen molar-refractivity contribution in [1.29, 1.82) is 0 Å². The minimum absolute atomic E-state index is 0.00292. The Labute approximate surface area is 440 Å². The van der Waals surface area contributed by atoms with Crippen molar-refractivity contribution in [2.45, 2.75) is 140 Å². The molecule has 0 heterocycles. The number of nitrogens with one attached hydrogen (secondary N) is 5. The molecular weight excluding hydrogens is 973 g/mol. The van der Waals surface area contributed by atoms with Gasteiger partial charge in [-0.1, -0.05) is 52.2 Å². The predicted molar refractivity (Wildman–Crippen MR) is 286 cm³/mol. The Morgan fingerprint density at radius 3 is 1.63 bits per heavy atom. The van der Waals surface area contributed by atoms with Gasteiger partial charge in [-0.25, -0.2) is 0 Å². The number of nitrogens with two attached hydrogens (primary N) is 9. The van der Waals surface area contributed by atoms with E-state index in [1.165, 1.54) is 34.1 Å². The van der Waals surface area contributed by atoms with E-state index >= 15 is 0 Å². The van der Waals surface area contributed by atoms with Crippen LogP contribution in [0.2, 0.25) is 0 Å². The fourth-order valence-corrected chi connectivity index (χ4v) is 7.67. The van der Waals surface area contributed by atoms with Crippen LogP contribution >= 0.6 is 0 Å². The molecule has 75 heavy (non-hydrogen) atoms. The molecule has 1 aromatic carbocycles. The Kier molecular flexibility index (Phi) is 32.6.